The summed E-state index contributed by atoms with van der Waals surface area (Å²) in [6, 6.07) is 20.0. The first kappa shape index (κ1) is 18.3. The summed E-state index contributed by atoms with van der Waals surface area (Å²) in [7, 11) is 0. The molecule has 142 valence electrons. The molecular weight excluding hydrogens is 346 g/mol. The van der Waals surface area contributed by atoms with Crippen molar-refractivity contribution in [1.82, 2.24) is 4.57 Å². The molecule has 1 aromatic heterocycles. The molecule has 0 saturated carbocycles. The van der Waals surface area contributed by atoms with Crippen molar-refractivity contribution in [3.05, 3.63) is 78.0 Å². The maximum atomic E-state index is 13.6. The molecule has 0 aliphatic heterocycles. The average Bonchev–Trinajstić information content (AvgIpc) is 3.10. The zero-order chi connectivity index (χ0) is 19.5. The molecule has 0 unspecified atom stereocenters. The van der Waals surface area contributed by atoms with Gasteiger partial charge in [-0.1, -0.05) is 56.3 Å². The van der Waals surface area contributed by atoms with Crippen molar-refractivity contribution < 1.29 is 9.53 Å². The molecule has 3 nitrogen and oxygen atoms in total. The van der Waals surface area contributed by atoms with Crippen molar-refractivity contribution >= 4 is 27.5 Å². The third-order valence-corrected chi connectivity index (χ3v) is 5.09. The van der Waals surface area contributed by atoms with Crippen LogP contribution in [-0.4, -0.2) is 17.0 Å². The summed E-state index contributed by atoms with van der Waals surface area (Å²) in [5, 5.41) is 2.93. The highest BCUT2D eigenvalue weighted by Crippen LogP contribution is 2.32. The molecule has 0 atom stereocenters. The second-order valence-corrected chi connectivity index (χ2v) is 7.09. The zero-order valence-electron chi connectivity index (χ0n) is 16.4. The van der Waals surface area contributed by atoms with Crippen molar-refractivity contribution in [2.24, 2.45) is 0 Å². The molecule has 0 bridgehead atoms. The largest absolute Gasteiger partial charge is 0.493 e. The van der Waals surface area contributed by atoms with Crippen LogP contribution >= 0.6 is 0 Å². The normalized spacial score (nSPS) is 11.2. The van der Waals surface area contributed by atoms with Crippen LogP contribution in [0.25, 0.3) is 21.7 Å². The Kier molecular flexibility index (Phi) is 5.16. The molecule has 0 radical (unpaired) electrons. The van der Waals surface area contributed by atoms with Gasteiger partial charge < -0.3 is 9.30 Å². The van der Waals surface area contributed by atoms with Crippen LogP contribution in [0.3, 0.4) is 0 Å². The number of hydrogen-bond acceptors (Lipinski definition) is 2. The lowest BCUT2D eigenvalue weighted by atomic mass is 9.96. The predicted molar refractivity (Wildman–Crippen MR) is 115 cm³/mol. The minimum absolute atomic E-state index is 0.0595. The Morgan fingerprint density at radius 3 is 2.29 bits per heavy atom. The smallest absolute Gasteiger partial charge is 0.195 e. The third kappa shape index (κ3) is 3.18. The minimum atomic E-state index is 0.0595. The van der Waals surface area contributed by atoms with E-state index in [9.17, 15) is 4.79 Å². The van der Waals surface area contributed by atoms with E-state index in [4.69, 9.17) is 4.74 Å². The lowest BCUT2D eigenvalue weighted by molar-refractivity contribution is 0.104. The number of hydrogen-bond donors (Lipinski definition) is 0. The monoisotopic (exact) mass is 371 g/mol. The highest BCUT2D eigenvalue weighted by molar-refractivity contribution is 6.21. The van der Waals surface area contributed by atoms with Gasteiger partial charge in [0.1, 0.15) is 5.75 Å². The first-order valence-corrected chi connectivity index (χ1v) is 10.0. The molecular formula is C25H25NO2. The van der Waals surface area contributed by atoms with Crippen molar-refractivity contribution in [1.29, 1.82) is 0 Å². The van der Waals surface area contributed by atoms with Crippen LogP contribution in [0, 0.1) is 0 Å². The second kappa shape index (κ2) is 7.89. The summed E-state index contributed by atoms with van der Waals surface area (Å²) in [5.74, 6) is 0.895. The van der Waals surface area contributed by atoms with E-state index in [1.165, 1.54) is 0 Å². The van der Waals surface area contributed by atoms with Crippen LogP contribution in [0.15, 0.2) is 66.9 Å². The summed E-state index contributed by atoms with van der Waals surface area (Å²) in [5.41, 5.74) is 2.59. The predicted octanol–water partition coefficient (Wildman–Crippen LogP) is 6.22. The lowest BCUT2D eigenvalue weighted by Gasteiger charge is -2.11. The third-order valence-electron chi connectivity index (χ3n) is 5.09. The summed E-state index contributed by atoms with van der Waals surface area (Å²) in [6.07, 6.45) is 3.98. The van der Waals surface area contributed by atoms with Gasteiger partial charge in [-0.3, -0.25) is 4.79 Å². The first-order valence-electron chi connectivity index (χ1n) is 10.0. The van der Waals surface area contributed by atoms with Crippen LogP contribution in [0.2, 0.25) is 0 Å². The van der Waals surface area contributed by atoms with E-state index in [-0.39, 0.29) is 5.78 Å². The average molecular weight is 371 g/mol. The highest BCUT2D eigenvalue weighted by Gasteiger charge is 2.19. The van der Waals surface area contributed by atoms with Crippen LogP contribution in [0.1, 0.15) is 42.6 Å². The number of ether oxygens (including phenoxy) is 1. The fourth-order valence-corrected chi connectivity index (χ4v) is 3.81. The van der Waals surface area contributed by atoms with Gasteiger partial charge in [0.25, 0.3) is 0 Å². The minimum Gasteiger partial charge on any atom is -0.493 e. The Morgan fingerprint density at radius 2 is 1.54 bits per heavy atom. The number of nitrogens with zero attached hydrogens (tertiary/aromatic N) is 1. The molecule has 1 heterocycles. The first-order chi connectivity index (χ1) is 13.7. The van der Waals surface area contributed by atoms with Gasteiger partial charge in [-0.05, 0) is 36.4 Å². The number of carbonyl (C=O) groups is 1. The van der Waals surface area contributed by atoms with Gasteiger partial charge in [0, 0.05) is 40.2 Å². The lowest BCUT2D eigenvalue weighted by Crippen LogP contribution is -2.03. The van der Waals surface area contributed by atoms with Crippen LogP contribution < -0.4 is 4.74 Å². The molecule has 0 aliphatic rings. The Morgan fingerprint density at radius 1 is 0.821 bits per heavy atom. The standard InChI is InChI=1S/C25H25NO2/c1-3-15-26-17-22(19-10-7-8-12-23(19)26)25(27)21-13-14-24(28-16-4-2)20-11-6-5-9-18(20)21/h5-14,17H,3-4,15-16H2,1-2H3. The second-order valence-electron chi connectivity index (χ2n) is 7.09. The Bertz CT molecular complexity index is 1140. The van der Waals surface area contributed by atoms with Crippen molar-refractivity contribution in [3.8, 4) is 5.75 Å². The van der Waals surface area contributed by atoms with Crippen molar-refractivity contribution in [3.63, 3.8) is 0 Å². The number of benzene rings is 3. The van der Waals surface area contributed by atoms with Crippen molar-refractivity contribution in [2.75, 3.05) is 6.61 Å². The molecule has 0 N–H and O–H groups in total. The van der Waals surface area contributed by atoms with Gasteiger partial charge in [-0.25, -0.2) is 0 Å². The van der Waals surface area contributed by atoms with Gasteiger partial charge in [0.05, 0.1) is 6.61 Å². The number of aromatic nitrogens is 1. The fourth-order valence-electron chi connectivity index (χ4n) is 3.81. The molecule has 0 saturated heterocycles. The van der Waals surface area contributed by atoms with Crippen LogP contribution in [0.4, 0.5) is 0 Å². The summed E-state index contributed by atoms with van der Waals surface area (Å²) >= 11 is 0. The molecule has 0 fully saturated rings. The number of para-hydroxylation sites is 1. The van der Waals surface area contributed by atoms with Crippen molar-refractivity contribution in [2.45, 2.75) is 33.2 Å². The van der Waals surface area contributed by atoms with Gasteiger partial charge in [-0.2, -0.15) is 0 Å². The van der Waals surface area contributed by atoms with E-state index in [1.807, 2.05) is 60.8 Å². The molecule has 3 heteroatoms. The zero-order valence-corrected chi connectivity index (χ0v) is 16.4. The van der Waals surface area contributed by atoms with Crippen LogP contribution in [-0.2, 0) is 6.54 Å². The van der Waals surface area contributed by atoms with Gasteiger partial charge in [0.15, 0.2) is 5.78 Å². The summed E-state index contributed by atoms with van der Waals surface area (Å²) in [6.45, 7) is 5.81. The van der Waals surface area contributed by atoms with E-state index < -0.39 is 0 Å². The maximum absolute atomic E-state index is 13.6. The number of aryl methyl sites for hydroxylation is 1. The van der Waals surface area contributed by atoms with Gasteiger partial charge in [0.2, 0.25) is 0 Å². The number of rotatable bonds is 7. The Balaban J connectivity index is 1.85. The van der Waals surface area contributed by atoms with E-state index >= 15 is 0 Å². The summed E-state index contributed by atoms with van der Waals surface area (Å²) in [4.78, 5) is 13.6. The Hall–Kier alpha value is -3.07. The quantitative estimate of drug-likeness (QED) is 0.361. The molecule has 4 aromatic rings. The Labute approximate surface area is 165 Å². The van der Waals surface area contributed by atoms with Gasteiger partial charge in [-0.15, -0.1) is 0 Å². The van der Waals surface area contributed by atoms with E-state index in [0.717, 1.165) is 57.9 Å². The molecule has 0 aliphatic carbocycles. The fraction of sp³-hybridized carbons (Fsp3) is 0.240. The SMILES string of the molecule is CCCOc1ccc(C(=O)c2cn(CCC)c3ccccc23)c2ccccc12. The highest BCUT2D eigenvalue weighted by atomic mass is 16.5. The summed E-state index contributed by atoms with van der Waals surface area (Å²) < 4.78 is 8.08. The van der Waals surface area contributed by atoms with Crippen LogP contribution in [0.5, 0.6) is 5.75 Å². The van der Waals surface area contributed by atoms with E-state index in [2.05, 4.69) is 24.5 Å². The molecule has 3 aromatic carbocycles. The molecule has 0 amide bonds. The number of fused-ring (bicyclic) bond motifs is 2. The maximum Gasteiger partial charge on any atom is 0.195 e. The molecule has 28 heavy (non-hydrogen) atoms. The van der Waals surface area contributed by atoms with E-state index in [1.54, 1.807) is 0 Å². The molecule has 4 rings (SSSR count). The number of carbonyl (C=O) groups excluding carboxylic acids is 1. The number of ketones is 1. The topological polar surface area (TPSA) is 31.2 Å². The van der Waals surface area contributed by atoms with Gasteiger partial charge >= 0.3 is 0 Å². The molecule has 0 spiro atoms. The van der Waals surface area contributed by atoms with E-state index in [0.29, 0.717) is 6.61 Å².